The van der Waals surface area contributed by atoms with Gasteiger partial charge in [-0.2, -0.15) is 21.0 Å². The monoisotopic (exact) mass is 302 g/mol. The van der Waals surface area contributed by atoms with Crippen LogP contribution >= 0.6 is 12.6 Å². The third-order valence-corrected chi connectivity index (χ3v) is 3.54. The van der Waals surface area contributed by atoms with Crippen LogP contribution in [-0.2, 0) is 14.8 Å². The van der Waals surface area contributed by atoms with Crippen LogP contribution in [0.1, 0.15) is 6.42 Å². The van der Waals surface area contributed by atoms with Crippen LogP contribution in [-0.4, -0.2) is 26.0 Å². The van der Waals surface area contributed by atoms with Crippen LogP contribution in [0.15, 0.2) is 33.6 Å². The normalized spacial score (nSPS) is 10.8. The van der Waals surface area contributed by atoms with Crippen LogP contribution in [0.4, 0.5) is 5.69 Å². The molecule has 5 N–H and O–H groups in total. The molecule has 0 fully saturated rings. The molecule has 0 spiro atoms. The van der Waals surface area contributed by atoms with Crippen molar-refractivity contribution in [2.45, 2.75) is 11.3 Å². The van der Waals surface area contributed by atoms with Gasteiger partial charge in [0, 0.05) is 12.1 Å². The number of amides is 1. The summed E-state index contributed by atoms with van der Waals surface area (Å²) in [4.78, 5) is 11.2. The van der Waals surface area contributed by atoms with E-state index in [1.54, 1.807) is 0 Å². The highest BCUT2D eigenvalue weighted by atomic mass is 32.2. The van der Waals surface area contributed by atoms with Gasteiger partial charge in [0.2, 0.25) is 11.9 Å². The SMILES string of the molecule is NC(N)=NS(=O)(=O)c1ccc(NC(=O)CCS)cc1. The van der Waals surface area contributed by atoms with Crippen LogP contribution in [0.2, 0.25) is 0 Å². The molecule has 0 unspecified atom stereocenters. The quantitative estimate of drug-likeness (QED) is 0.343. The van der Waals surface area contributed by atoms with Gasteiger partial charge in [0.1, 0.15) is 0 Å². The van der Waals surface area contributed by atoms with Gasteiger partial charge in [-0.1, -0.05) is 0 Å². The number of hydrogen-bond donors (Lipinski definition) is 4. The Morgan fingerprint density at radius 2 is 1.84 bits per heavy atom. The Balaban J connectivity index is 2.88. The molecule has 0 aliphatic carbocycles. The number of nitrogens with one attached hydrogen (secondary N) is 1. The number of guanidine groups is 1. The Hall–Kier alpha value is -1.74. The summed E-state index contributed by atoms with van der Waals surface area (Å²) in [6.07, 6.45) is 0.275. The molecule has 0 aliphatic rings. The first-order valence-electron chi connectivity index (χ1n) is 5.22. The van der Waals surface area contributed by atoms with Crippen LogP contribution in [0, 0.1) is 0 Å². The number of carbonyl (C=O) groups excluding carboxylic acids is 1. The molecule has 0 saturated heterocycles. The summed E-state index contributed by atoms with van der Waals surface area (Å²) in [6.45, 7) is 0. The van der Waals surface area contributed by atoms with Crippen molar-refractivity contribution in [2.75, 3.05) is 11.1 Å². The van der Waals surface area contributed by atoms with Gasteiger partial charge in [-0.25, -0.2) is 0 Å². The summed E-state index contributed by atoms with van der Waals surface area (Å²) in [6, 6.07) is 5.51. The summed E-state index contributed by atoms with van der Waals surface area (Å²) in [5, 5.41) is 2.59. The molecule has 1 aromatic carbocycles. The number of nitrogens with two attached hydrogens (primary N) is 2. The van der Waals surface area contributed by atoms with E-state index in [9.17, 15) is 13.2 Å². The largest absolute Gasteiger partial charge is 0.369 e. The zero-order chi connectivity index (χ0) is 14.5. The lowest BCUT2D eigenvalue weighted by atomic mass is 10.3. The van der Waals surface area contributed by atoms with E-state index in [1.807, 2.05) is 0 Å². The van der Waals surface area contributed by atoms with Crippen LogP contribution in [0.3, 0.4) is 0 Å². The Kier molecular flexibility index (Phi) is 5.19. The van der Waals surface area contributed by atoms with E-state index in [1.165, 1.54) is 24.3 Å². The van der Waals surface area contributed by atoms with Gasteiger partial charge in [-0.05, 0) is 30.0 Å². The molecule has 19 heavy (non-hydrogen) atoms. The molecule has 104 valence electrons. The number of rotatable bonds is 5. The minimum atomic E-state index is -3.90. The topological polar surface area (TPSA) is 128 Å². The molecule has 0 atom stereocenters. The van der Waals surface area contributed by atoms with Crippen LogP contribution in [0.25, 0.3) is 0 Å². The fourth-order valence-corrected chi connectivity index (χ4v) is 2.29. The lowest BCUT2D eigenvalue weighted by Crippen LogP contribution is -2.24. The highest BCUT2D eigenvalue weighted by Gasteiger charge is 2.13. The number of thiol groups is 1. The number of anilines is 1. The first-order valence-corrected chi connectivity index (χ1v) is 7.29. The molecule has 1 rings (SSSR count). The minimum Gasteiger partial charge on any atom is -0.369 e. The third-order valence-electron chi connectivity index (χ3n) is 2.00. The van der Waals surface area contributed by atoms with Crippen LogP contribution in [0.5, 0.6) is 0 Å². The highest BCUT2D eigenvalue weighted by molar-refractivity contribution is 7.90. The molecule has 1 aromatic rings. The van der Waals surface area contributed by atoms with Gasteiger partial charge in [0.25, 0.3) is 10.0 Å². The van der Waals surface area contributed by atoms with Gasteiger partial charge in [-0.15, -0.1) is 4.40 Å². The van der Waals surface area contributed by atoms with E-state index >= 15 is 0 Å². The number of sulfonamides is 1. The van der Waals surface area contributed by atoms with E-state index in [2.05, 4.69) is 22.3 Å². The van der Waals surface area contributed by atoms with E-state index in [0.717, 1.165) is 0 Å². The molecule has 0 saturated carbocycles. The summed E-state index contributed by atoms with van der Waals surface area (Å²) in [5.41, 5.74) is 10.5. The summed E-state index contributed by atoms with van der Waals surface area (Å²) >= 11 is 3.93. The molecule has 0 aromatic heterocycles. The first-order chi connectivity index (χ1) is 8.85. The molecule has 0 aliphatic heterocycles. The zero-order valence-electron chi connectivity index (χ0n) is 9.91. The fourth-order valence-electron chi connectivity index (χ4n) is 1.23. The van der Waals surface area contributed by atoms with Crippen molar-refractivity contribution in [1.82, 2.24) is 0 Å². The van der Waals surface area contributed by atoms with Crippen molar-refractivity contribution in [3.05, 3.63) is 24.3 Å². The summed E-state index contributed by atoms with van der Waals surface area (Å²) < 4.78 is 26.4. The number of nitrogens with zero attached hydrogens (tertiary/aromatic N) is 1. The molecule has 7 nitrogen and oxygen atoms in total. The van der Waals surface area contributed by atoms with Crippen molar-refractivity contribution in [1.29, 1.82) is 0 Å². The second kappa shape index (κ2) is 6.43. The Morgan fingerprint density at radius 1 is 1.26 bits per heavy atom. The van der Waals surface area contributed by atoms with Crippen molar-refractivity contribution >= 4 is 40.2 Å². The van der Waals surface area contributed by atoms with Gasteiger partial charge >= 0.3 is 0 Å². The number of benzene rings is 1. The molecule has 0 heterocycles. The van der Waals surface area contributed by atoms with Gasteiger partial charge < -0.3 is 16.8 Å². The Morgan fingerprint density at radius 3 is 2.32 bits per heavy atom. The smallest absolute Gasteiger partial charge is 0.285 e. The Labute approximate surface area is 116 Å². The van der Waals surface area contributed by atoms with E-state index < -0.39 is 16.0 Å². The van der Waals surface area contributed by atoms with Gasteiger partial charge in [0.05, 0.1) is 4.90 Å². The van der Waals surface area contributed by atoms with Crippen molar-refractivity contribution in [2.24, 2.45) is 15.9 Å². The molecule has 9 heteroatoms. The molecule has 0 bridgehead atoms. The van der Waals surface area contributed by atoms with Gasteiger partial charge in [-0.3, -0.25) is 4.79 Å². The van der Waals surface area contributed by atoms with E-state index in [4.69, 9.17) is 11.5 Å². The summed E-state index contributed by atoms with van der Waals surface area (Å²) in [5.74, 6) is -0.302. The average Bonchev–Trinajstić information content (AvgIpc) is 2.28. The number of carbonyl (C=O) groups is 1. The second-order valence-electron chi connectivity index (χ2n) is 3.54. The lowest BCUT2D eigenvalue weighted by Gasteiger charge is -2.05. The van der Waals surface area contributed by atoms with Crippen LogP contribution < -0.4 is 16.8 Å². The van der Waals surface area contributed by atoms with E-state index in [-0.39, 0.29) is 17.2 Å². The maximum absolute atomic E-state index is 11.6. The predicted molar refractivity (Wildman–Crippen MR) is 76.5 cm³/mol. The maximum Gasteiger partial charge on any atom is 0.285 e. The minimum absolute atomic E-state index is 0.0619. The predicted octanol–water partition coefficient (Wildman–Crippen LogP) is -0.0929. The molecular formula is C10H14N4O3S2. The maximum atomic E-state index is 11.6. The zero-order valence-corrected chi connectivity index (χ0v) is 11.6. The number of hydrogen-bond acceptors (Lipinski definition) is 4. The lowest BCUT2D eigenvalue weighted by molar-refractivity contribution is -0.115. The Bertz CT molecular complexity index is 577. The van der Waals surface area contributed by atoms with Crippen molar-refractivity contribution in [3.63, 3.8) is 0 Å². The second-order valence-corrected chi connectivity index (χ2v) is 5.59. The summed E-state index contributed by atoms with van der Waals surface area (Å²) in [7, 11) is -3.90. The standard InChI is InChI=1S/C10H14N4O3S2/c11-10(12)14-19(16,17)8-3-1-7(2-4-8)13-9(15)5-6-18/h1-4,18H,5-6H2,(H,13,15)(H4,11,12,14). The highest BCUT2D eigenvalue weighted by Crippen LogP contribution is 2.16. The van der Waals surface area contributed by atoms with Gasteiger partial charge in [0.15, 0.2) is 0 Å². The average molecular weight is 302 g/mol. The van der Waals surface area contributed by atoms with Crippen molar-refractivity contribution in [3.8, 4) is 0 Å². The van der Waals surface area contributed by atoms with E-state index in [0.29, 0.717) is 11.4 Å². The molecule has 0 radical (unpaired) electrons. The molecule has 1 amide bonds. The fraction of sp³-hybridized carbons (Fsp3) is 0.200. The molecular weight excluding hydrogens is 288 g/mol. The first kappa shape index (κ1) is 15.3. The third kappa shape index (κ3) is 4.79. The van der Waals surface area contributed by atoms with Crippen molar-refractivity contribution < 1.29 is 13.2 Å².